The highest BCUT2D eigenvalue weighted by Gasteiger charge is 2.38. The molecule has 1 nitrogen and oxygen atoms in total. The summed E-state index contributed by atoms with van der Waals surface area (Å²) in [4.78, 5) is 4.80. The van der Waals surface area contributed by atoms with E-state index in [-0.39, 0.29) is 0 Å². The molecule has 2 aromatic rings. The number of nitrogens with zero attached hydrogens (tertiary/aromatic N) is 1. The molecule has 1 aromatic heterocycles. The molecule has 2 heterocycles. The Bertz CT molecular complexity index is 615. The Morgan fingerprint density at radius 3 is 2.43 bits per heavy atom. The maximum absolute atomic E-state index is 4.80. The second-order valence-electron chi connectivity index (χ2n) is 7.10. The third-order valence-electron chi connectivity index (χ3n) is 4.79. The fourth-order valence-electron chi connectivity index (χ4n) is 3.39. The molecule has 3 rings (SSSR count). The first-order chi connectivity index (χ1) is 10.1. The minimum Gasteiger partial charge on any atom is -0.256 e. The first-order valence-electron chi connectivity index (χ1n) is 8.13. The van der Waals surface area contributed by atoms with Crippen molar-refractivity contribution < 1.29 is 0 Å². The summed E-state index contributed by atoms with van der Waals surface area (Å²) in [7, 11) is -1.17. The Morgan fingerprint density at radius 2 is 1.86 bits per heavy atom. The lowest BCUT2D eigenvalue weighted by Crippen LogP contribution is -2.52. The van der Waals surface area contributed by atoms with Gasteiger partial charge in [-0.05, 0) is 29.2 Å². The SMILES string of the molecule is CC(C)Cc1cc(-c2ccccc2)ncc1[Si]1(C)CCC1. The van der Waals surface area contributed by atoms with Crippen LogP contribution in [0.4, 0.5) is 0 Å². The Balaban J connectivity index is 2.02. The standard InChI is InChI=1S/C19H25NSi/c1-15(2)12-17-13-18(16-8-5-4-6-9-16)20-14-19(17)21(3)10-7-11-21/h4-6,8-9,13-15H,7,10-12H2,1-3H3. The molecule has 0 spiro atoms. The minimum atomic E-state index is -1.17. The third-order valence-corrected chi connectivity index (χ3v) is 9.46. The average Bonchev–Trinajstić information content (AvgIpc) is 2.45. The number of pyridine rings is 1. The average molecular weight is 296 g/mol. The molecule has 1 fully saturated rings. The number of aromatic nitrogens is 1. The molecule has 1 aliphatic rings. The molecule has 0 N–H and O–H groups in total. The molecule has 1 saturated heterocycles. The minimum absolute atomic E-state index is 0.701. The van der Waals surface area contributed by atoms with Gasteiger partial charge in [0.05, 0.1) is 13.8 Å². The predicted molar refractivity (Wildman–Crippen MR) is 93.7 cm³/mol. The summed E-state index contributed by atoms with van der Waals surface area (Å²) in [6.07, 6.45) is 4.82. The van der Waals surface area contributed by atoms with E-state index in [1.165, 1.54) is 30.5 Å². The predicted octanol–water partition coefficient (Wildman–Crippen LogP) is 4.64. The summed E-state index contributed by atoms with van der Waals surface area (Å²) < 4.78 is 0. The van der Waals surface area contributed by atoms with Crippen LogP contribution in [-0.4, -0.2) is 13.1 Å². The van der Waals surface area contributed by atoms with Crippen LogP contribution in [0.2, 0.25) is 18.6 Å². The van der Waals surface area contributed by atoms with Crippen LogP contribution in [0.15, 0.2) is 42.6 Å². The number of benzene rings is 1. The van der Waals surface area contributed by atoms with Gasteiger partial charge in [0, 0.05) is 11.8 Å². The Labute approximate surface area is 129 Å². The topological polar surface area (TPSA) is 12.9 Å². The summed E-state index contributed by atoms with van der Waals surface area (Å²) in [5, 5.41) is 1.63. The normalized spacial score (nSPS) is 16.8. The van der Waals surface area contributed by atoms with Crippen molar-refractivity contribution in [2.45, 2.75) is 45.3 Å². The molecule has 0 atom stereocenters. The summed E-state index contributed by atoms with van der Waals surface area (Å²) >= 11 is 0. The highest BCUT2D eigenvalue weighted by molar-refractivity contribution is 6.93. The molecule has 0 radical (unpaired) electrons. The van der Waals surface area contributed by atoms with Crippen LogP contribution >= 0.6 is 0 Å². The van der Waals surface area contributed by atoms with Crippen molar-refractivity contribution in [2.24, 2.45) is 5.92 Å². The van der Waals surface area contributed by atoms with E-state index in [4.69, 9.17) is 4.98 Å². The van der Waals surface area contributed by atoms with E-state index in [0.29, 0.717) is 5.92 Å². The van der Waals surface area contributed by atoms with Crippen LogP contribution in [0.5, 0.6) is 0 Å². The van der Waals surface area contributed by atoms with Crippen LogP contribution in [0.3, 0.4) is 0 Å². The lowest BCUT2D eigenvalue weighted by molar-refractivity contribution is 0.648. The van der Waals surface area contributed by atoms with E-state index in [1.807, 2.05) is 0 Å². The van der Waals surface area contributed by atoms with E-state index in [9.17, 15) is 0 Å². The largest absolute Gasteiger partial charge is 0.256 e. The van der Waals surface area contributed by atoms with Gasteiger partial charge in [-0.1, -0.05) is 69.2 Å². The number of hydrogen-bond donors (Lipinski definition) is 0. The monoisotopic (exact) mass is 295 g/mol. The molecule has 0 aliphatic carbocycles. The maximum atomic E-state index is 4.80. The molecule has 1 aromatic carbocycles. The van der Waals surface area contributed by atoms with E-state index in [0.717, 1.165) is 5.69 Å². The van der Waals surface area contributed by atoms with Gasteiger partial charge in [-0.3, -0.25) is 4.98 Å². The van der Waals surface area contributed by atoms with E-state index in [1.54, 1.807) is 10.8 Å². The summed E-state index contributed by atoms with van der Waals surface area (Å²) in [5.74, 6) is 0.701. The van der Waals surface area contributed by atoms with Crippen LogP contribution in [0, 0.1) is 5.92 Å². The molecule has 0 amide bonds. The molecular weight excluding hydrogens is 270 g/mol. The molecule has 0 unspecified atom stereocenters. The summed E-state index contributed by atoms with van der Waals surface area (Å²) in [6.45, 7) is 7.17. The molecule has 0 saturated carbocycles. The third kappa shape index (κ3) is 2.96. The Morgan fingerprint density at radius 1 is 1.14 bits per heavy atom. The Kier molecular flexibility index (Phi) is 3.98. The van der Waals surface area contributed by atoms with Gasteiger partial charge >= 0.3 is 0 Å². The highest BCUT2D eigenvalue weighted by Crippen LogP contribution is 2.33. The van der Waals surface area contributed by atoms with Crippen LogP contribution in [0.25, 0.3) is 11.3 Å². The molecule has 21 heavy (non-hydrogen) atoms. The van der Waals surface area contributed by atoms with Crippen LogP contribution in [-0.2, 0) is 6.42 Å². The lowest BCUT2D eigenvalue weighted by Gasteiger charge is -2.38. The smallest absolute Gasteiger partial charge is 0.0860 e. The van der Waals surface area contributed by atoms with Gasteiger partial charge < -0.3 is 0 Å². The first-order valence-corrected chi connectivity index (χ1v) is 11.0. The molecule has 1 aliphatic heterocycles. The summed E-state index contributed by atoms with van der Waals surface area (Å²) in [6, 6.07) is 15.8. The van der Waals surface area contributed by atoms with Crippen LogP contribution < -0.4 is 5.19 Å². The number of rotatable bonds is 4. The van der Waals surface area contributed by atoms with Crippen molar-refractivity contribution in [3.05, 3.63) is 48.2 Å². The highest BCUT2D eigenvalue weighted by atomic mass is 28.3. The van der Waals surface area contributed by atoms with Gasteiger partial charge in [-0.25, -0.2) is 0 Å². The first kappa shape index (κ1) is 14.5. The van der Waals surface area contributed by atoms with Crippen molar-refractivity contribution in [3.63, 3.8) is 0 Å². The zero-order chi connectivity index (χ0) is 14.9. The number of hydrogen-bond acceptors (Lipinski definition) is 1. The molecular formula is C19H25NSi. The van der Waals surface area contributed by atoms with Crippen molar-refractivity contribution >= 4 is 13.3 Å². The van der Waals surface area contributed by atoms with E-state index in [2.05, 4.69) is 63.0 Å². The lowest BCUT2D eigenvalue weighted by atomic mass is 10.0. The van der Waals surface area contributed by atoms with Crippen molar-refractivity contribution in [1.29, 1.82) is 0 Å². The van der Waals surface area contributed by atoms with Gasteiger partial charge in [0.25, 0.3) is 0 Å². The van der Waals surface area contributed by atoms with Crippen LogP contribution in [0.1, 0.15) is 25.8 Å². The maximum Gasteiger partial charge on any atom is 0.0860 e. The van der Waals surface area contributed by atoms with E-state index >= 15 is 0 Å². The molecule has 110 valence electrons. The quantitative estimate of drug-likeness (QED) is 0.749. The van der Waals surface area contributed by atoms with Gasteiger partial charge in [0.15, 0.2) is 0 Å². The molecule has 2 heteroatoms. The van der Waals surface area contributed by atoms with Crippen molar-refractivity contribution in [1.82, 2.24) is 4.98 Å². The van der Waals surface area contributed by atoms with Gasteiger partial charge in [0.2, 0.25) is 0 Å². The van der Waals surface area contributed by atoms with Gasteiger partial charge in [-0.2, -0.15) is 0 Å². The van der Waals surface area contributed by atoms with Crippen molar-refractivity contribution in [2.75, 3.05) is 0 Å². The van der Waals surface area contributed by atoms with Gasteiger partial charge in [-0.15, -0.1) is 0 Å². The fourth-order valence-corrected chi connectivity index (χ4v) is 6.67. The summed E-state index contributed by atoms with van der Waals surface area (Å²) in [5.41, 5.74) is 3.93. The Hall–Kier alpha value is -1.41. The zero-order valence-corrected chi connectivity index (χ0v) is 14.4. The van der Waals surface area contributed by atoms with Crippen molar-refractivity contribution in [3.8, 4) is 11.3 Å². The second-order valence-corrected chi connectivity index (χ2v) is 11.8. The van der Waals surface area contributed by atoms with E-state index < -0.39 is 8.07 Å². The van der Waals surface area contributed by atoms with Gasteiger partial charge in [0.1, 0.15) is 0 Å². The molecule has 0 bridgehead atoms. The fraction of sp³-hybridized carbons (Fsp3) is 0.421. The zero-order valence-electron chi connectivity index (χ0n) is 13.4. The second kappa shape index (κ2) is 5.76.